The maximum atomic E-state index is 13.7. The Labute approximate surface area is 170 Å². The number of carbonyl (C=O) groups excluding carboxylic acids is 1. The van der Waals surface area contributed by atoms with Crippen molar-refractivity contribution in [1.82, 2.24) is 4.90 Å². The molecule has 2 heterocycles. The Bertz CT molecular complexity index is 958. The van der Waals surface area contributed by atoms with Crippen molar-refractivity contribution in [3.05, 3.63) is 63.5 Å². The maximum Gasteiger partial charge on any atom is 0.254 e. The van der Waals surface area contributed by atoms with Gasteiger partial charge in [0.1, 0.15) is 0 Å². The molecule has 2 aliphatic rings. The summed E-state index contributed by atoms with van der Waals surface area (Å²) in [6, 6.07) is 6.48. The van der Waals surface area contributed by atoms with Gasteiger partial charge in [-0.2, -0.15) is 0 Å². The van der Waals surface area contributed by atoms with Gasteiger partial charge in [-0.15, -0.1) is 0 Å². The fourth-order valence-electron chi connectivity index (χ4n) is 4.33. The van der Waals surface area contributed by atoms with Gasteiger partial charge in [-0.05, 0) is 72.7 Å². The van der Waals surface area contributed by atoms with Crippen LogP contribution < -0.4 is 4.74 Å². The molecule has 0 saturated carbocycles. The Hall–Kier alpha value is -2.44. The Balaban J connectivity index is 1.65. The van der Waals surface area contributed by atoms with Gasteiger partial charge >= 0.3 is 0 Å². The lowest BCUT2D eigenvalue weighted by Crippen LogP contribution is -2.49. The Morgan fingerprint density at radius 1 is 1.28 bits per heavy atom. The number of hydrogen-bond acceptors (Lipinski definition) is 4. The number of aliphatic hydroxyl groups is 1. The van der Waals surface area contributed by atoms with Crippen LogP contribution in [-0.2, 0) is 17.7 Å². The van der Waals surface area contributed by atoms with E-state index in [1.54, 1.807) is 17.0 Å². The van der Waals surface area contributed by atoms with E-state index < -0.39 is 11.9 Å². The van der Waals surface area contributed by atoms with Crippen molar-refractivity contribution in [1.29, 1.82) is 0 Å². The van der Waals surface area contributed by atoms with Gasteiger partial charge in [-0.3, -0.25) is 4.79 Å². The van der Waals surface area contributed by atoms with Crippen LogP contribution in [0.1, 0.15) is 44.6 Å². The van der Waals surface area contributed by atoms with Crippen LogP contribution >= 0.6 is 0 Å². The number of hydrogen-bond donors (Lipinski definition) is 1. The first-order chi connectivity index (χ1) is 13.9. The van der Waals surface area contributed by atoms with Gasteiger partial charge in [-0.1, -0.05) is 6.07 Å². The topological polar surface area (TPSA) is 59.0 Å². The van der Waals surface area contributed by atoms with Crippen LogP contribution in [0.15, 0.2) is 24.3 Å². The Morgan fingerprint density at radius 3 is 2.79 bits per heavy atom. The fraction of sp³-hybridized carbons (Fsp3) is 0.435. The van der Waals surface area contributed by atoms with Crippen molar-refractivity contribution < 1.29 is 23.8 Å². The van der Waals surface area contributed by atoms with E-state index in [0.29, 0.717) is 38.2 Å². The summed E-state index contributed by atoms with van der Waals surface area (Å²) in [4.78, 5) is 14.9. The minimum Gasteiger partial charge on any atom is -0.494 e. The van der Waals surface area contributed by atoms with Crippen LogP contribution in [0, 0.1) is 19.7 Å². The molecule has 1 amide bonds. The highest BCUT2D eigenvalue weighted by atomic mass is 19.1. The third-order valence-corrected chi connectivity index (χ3v) is 6.26. The zero-order valence-corrected chi connectivity index (χ0v) is 17.0. The molecule has 0 radical (unpaired) electrons. The fourth-order valence-corrected chi connectivity index (χ4v) is 4.33. The predicted octanol–water partition coefficient (Wildman–Crippen LogP) is 3.15. The molecule has 2 aromatic rings. The van der Waals surface area contributed by atoms with E-state index in [0.717, 1.165) is 27.8 Å². The quantitative estimate of drug-likeness (QED) is 0.858. The first-order valence-corrected chi connectivity index (χ1v) is 9.91. The van der Waals surface area contributed by atoms with Crippen molar-refractivity contribution >= 4 is 5.91 Å². The number of aliphatic hydroxyl groups excluding tert-OH is 1. The lowest BCUT2D eigenvalue weighted by molar-refractivity contribution is -0.0528. The van der Waals surface area contributed by atoms with Gasteiger partial charge < -0.3 is 19.5 Å². The van der Waals surface area contributed by atoms with E-state index in [4.69, 9.17) is 9.47 Å². The van der Waals surface area contributed by atoms with E-state index in [2.05, 4.69) is 6.92 Å². The zero-order chi connectivity index (χ0) is 20.7. The summed E-state index contributed by atoms with van der Waals surface area (Å²) in [6.07, 6.45) is 0.564. The number of halogens is 1. The molecule has 2 aliphatic heterocycles. The van der Waals surface area contributed by atoms with E-state index >= 15 is 0 Å². The van der Waals surface area contributed by atoms with Crippen molar-refractivity contribution in [2.75, 3.05) is 20.3 Å². The molecule has 2 aromatic carbocycles. The second-order valence-electron chi connectivity index (χ2n) is 7.89. The number of rotatable bonds is 4. The zero-order valence-electron chi connectivity index (χ0n) is 17.0. The minimum absolute atomic E-state index is 0.0596. The Morgan fingerprint density at radius 2 is 2.07 bits per heavy atom. The lowest BCUT2D eigenvalue weighted by Gasteiger charge is -2.34. The smallest absolute Gasteiger partial charge is 0.254 e. The number of amides is 1. The molecule has 0 aromatic heterocycles. The summed E-state index contributed by atoms with van der Waals surface area (Å²) in [5.41, 5.74) is 5.88. The van der Waals surface area contributed by atoms with Gasteiger partial charge in [-0.25, -0.2) is 4.39 Å². The monoisotopic (exact) mass is 399 g/mol. The third kappa shape index (κ3) is 3.51. The van der Waals surface area contributed by atoms with Crippen molar-refractivity contribution in [3.63, 3.8) is 0 Å². The highest BCUT2D eigenvalue weighted by Crippen LogP contribution is 2.34. The third-order valence-electron chi connectivity index (χ3n) is 6.26. The first kappa shape index (κ1) is 19.9. The van der Waals surface area contributed by atoms with Crippen molar-refractivity contribution in [3.8, 4) is 5.75 Å². The minimum atomic E-state index is -0.561. The molecule has 6 heteroatoms. The molecule has 154 valence electrons. The summed E-state index contributed by atoms with van der Waals surface area (Å²) in [5.74, 6) is -0.237. The number of ether oxygens (including phenoxy) is 2. The van der Waals surface area contributed by atoms with Gasteiger partial charge in [0.05, 0.1) is 25.9 Å². The SMILES string of the molecule is COc1cc(Cc2cc3c(c(C)c2C)CN(C2COCCC2O)C3=O)ccc1F. The number of methoxy groups -OCH3 is 1. The predicted molar refractivity (Wildman–Crippen MR) is 107 cm³/mol. The molecule has 1 saturated heterocycles. The maximum absolute atomic E-state index is 13.7. The van der Waals surface area contributed by atoms with Crippen molar-refractivity contribution in [2.45, 2.75) is 45.4 Å². The second kappa shape index (κ2) is 7.76. The molecule has 2 atom stereocenters. The average Bonchev–Trinajstić information content (AvgIpc) is 3.04. The molecule has 5 nitrogen and oxygen atoms in total. The molecule has 4 rings (SSSR count). The van der Waals surface area contributed by atoms with E-state index in [-0.39, 0.29) is 17.7 Å². The number of fused-ring (bicyclic) bond motifs is 1. The second-order valence-corrected chi connectivity index (χ2v) is 7.89. The summed E-state index contributed by atoms with van der Waals surface area (Å²) in [6.45, 7) is 5.47. The summed E-state index contributed by atoms with van der Waals surface area (Å²) >= 11 is 0. The highest BCUT2D eigenvalue weighted by Gasteiger charge is 2.39. The van der Waals surface area contributed by atoms with Crippen LogP contribution in [0.2, 0.25) is 0 Å². The number of benzene rings is 2. The molecular weight excluding hydrogens is 373 g/mol. The lowest BCUT2D eigenvalue weighted by atomic mass is 9.91. The van der Waals surface area contributed by atoms with E-state index in [9.17, 15) is 14.3 Å². The molecule has 0 bridgehead atoms. The van der Waals surface area contributed by atoms with Crippen LogP contribution in [0.25, 0.3) is 0 Å². The summed E-state index contributed by atoms with van der Waals surface area (Å²) < 4.78 is 24.3. The molecular formula is C23H26FNO4. The molecule has 2 unspecified atom stereocenters. The highest BCUT2D eigenvalue weighted by molar-refractivity contribution is 5.99. The van der Waals surface area contributed by atoms with Crippen LogP contribution in [0.3, 0.4) is 0 Å². The standard InChI is InChI=1S/C23H26FNO4/c1-13-14(2)18-11-25(20-12-29-7-6-21(20)26)23(27)17(18)10-16(13)8-15-4-5-19(24)22(9-15)28-3/h4-5,9-10,20-21,26H,6-8,11-12H2,1-3H3. The van der Waals surface area contributed by atoms with Gasteiger partial charge in [0.15, 0.2) is 11.6 Å². The van der Waals surface area contributed by atoms with Gasteiger partial charge in [0.2, 0.25) is 0 Å². The van der Waals surface area contributed by atoms with Gasteiger partial charge in [0.25, 0.3) is 5.91 Å². The van der Waals surface area contributed by atoms with Crippen LogP contribution in [-0.4, -0.2) is 48.4 Å². The van der Waals surface area contributed by atoms with E-state index in [1.807, 2.05) is 13.0 Å². The molecule has 1 N–H and O–H groups in total. The largest absolute Gasteiger partial charge is 0.494 e. The molecule has 0 spiro atoms. The number of nitrogens with zero attached hydrogens (tertiary/aromatic N) is 1. The normalized spacial score (nSPS) is 21.4. The molecule has 29 heavy (non-hydrogen) atoms. The number of carbonyl (C=O) groups is 1. The first-order valence-electron chi connectivity index (χ1n) is 9.91. The van der Waals surface area contributed by atoms with Crippen LogP contribution in [0.5, 0.6) is 5.75 Å². The van der Waals surface area contributed by atoms with Crippen LogP contribution in [0.4, 0.5) is 4.39 Å². The van der Waals surface area contributed by atoms with Crippen molar-refractivity contribution in [2.24, 2.45) is 0 Å². The average molecular weight is 399 g/mol. The van der Waals surface area contributed by atoms with Gasteiger partial charge in [0, 0.05) is 18.7 Å². The molecule has 1 fully saturated rings. The summed E-state index contributed by atoms with van der Waals surface area (Å²) in [5, 5.41) is 10.4. The van der Waals surface area contributed by atoms with E-state index in [1.165, 1.54) is 13.2 Å². The summed E-state index contributed by atoms with van der Waals surface area (Å²) in [7, 11) is 1.45. The Kier molecular flexibility index (Phi) is 5.32. The molecule has 0 aliphatic carbocycles.